The predicted octanol–water partition coefficient (Wildman–Crippen LogP) is 2.56. The third-order valence-corrected chi connectivity index (χ3v) is 4.83. The van der Waals surface area contributed by atoms with E-state index in [0.29, 0.717) is 30.2 Å². The number of rotatable bonds is 4. The van der Waals surface area contributed by atoms with Crippen LogP contribution in [0.1, 0.15) is 23.3 Å². The van der Waals surface area contributed by atoms with Crippen molar-refractivity contribution in [2.24, 2.45) is 5.92 Å². The van der Waals surface area contributed by atoms with Crippen molar-refractivity contribution in [1.29, 1.82) is 0 Å². The van der Waals surface area contributed by atoms with Crippen molar-refractivity contribution in [3.63, 3.8) is 0 Å². The van der Waals surface area contributed by atoms with E-state index < -0.39 is 5.82 Å². The summed E-state index contributed by atoms with van der Waals surface area (Å²) in [7, 11) is 0. The monoisotopic (exact) mass is 388 g/mol. The van der Waals surface area contributed by atoms with Gasteiger partial charge < -0.3 is 10.2 Å². The molecule has 7 nitrogen and oxygen atoms in total. The van der Waals surface area contributed by atoms with Gasteiger partial charge in [0.15, 0.2) is 23.0 Å². The van der Waals surface area contributed by atoms with Crippen LogP contribution in [-0.4, -0.2) is 45.1 Å². The number of carbonyl (C=O) groups excluding carboxylic acids is 1. The van der Waals surface area contributed by atoms with Gasteiger partial charge in [0.1, 0.15) is 0 Å². The van der Waals surface area contributed by atoms with Crippen LogP contribution in [-0.2, 0) is 0 Å². The minimum absolute atomic E-state index is 0.203. The Balaban J connectivity index is 1.38. The average molecular weight is 389 g/mol. The second-order valence-corrected chi connectivity index (χ2v) is 7.01. The molecule has 27 heavy (non-hydrogen) atoms. The summed E-state index contributed by atoms with van der Waals surface area (Å²) in [6.45, 7) is 1.85. The lowest BCUT2D eigenvalue weighted by atomic mass is 9.98. The van der Waals surface area contributed by atoms with Gasteiger partial charge in [-0.2, -0.15) is 5.10 Å². The van der Waals surface area contributed by atoms with Gasteiger partial charge in [-0.25, -0.2) is 18.9 Å². The molecule has 1 N–H and O–H groups in total. The lowest BCUT2D eigenvalue weighted by Gasteiger charge is -2.33. The minimum atomic E-state index is -0.426. The van der Waals surface area contributed by atoms with Gasteiger partial charge in [-0.15, -0.1) is 0 Å². The molecule has 1 amide bonds. The Morgan fingerprint density at radius 2 is 2.26 bits per heavy atom. The highest BCUT2D eigenvalue weighted by molar-refractivity contribution is 6.30. The van der Waals surface area contributed by atoms with E-state index in [1.54, 1.807) is 29.0 Å². The molecule has 1 atom stereocenters. The fourth-order valence-electron chi connectivity index (χ4n) is 3.33. The molecular weight excluding hydrogens is 371 g/mol. The first kappa shape index (κ1) is 17.7. The molecule has 0 bridgehead atoms. The van der Waals surface area contributed by atoms with Crippen molar-refractivity contribution < 1.29 is 9.18 Å². The van der Waals surface area contributed by atoms with Gasteiger partial charge >= 0.3 is 0 Å². The molecule has 1 unspecified atom stereocenters. The van der Waals surface area contributed by atoms with Gasteiger partial charge in [0.2, 0.25) is 0 Å². The first-order valence-electron chi connectivity index (χ1n) is 8.75. The third kappa shape index (κ3) is 3.85. The Morgan fingerprint density at radius 3 is 3.07 bits per heavy atom. The highest BCUT2D eigenvalue weighted by atomic mass is 35.5. The number of aromatic nitrogens is 4. The van der Waals surface area contributed by atoms with Crippen LogP contribution in [0, 0.1) is 11.7 Å². The molecule has 1 fully saturated rings. The average Bonchev–Trinajstić information content (AvgIpc) is 3.11. The molecular formula is C18H18ClFN6O. The van der Waals surface area contributed by atoms with E-state index in [2.05, 4.69) is 20.4 Å². The summed E-state index contributed by atoms with van der Waals surface area (Å²) in [4.78, 5) is 22.6. The number of pyridine rings is 1. The summed E-state index contributed by atoms with van der Waals surface area (Å²) in [5.41, 5.74) is 0.947. The van der Waals surface area contributed by atoms with E-state index >= 15 is 0 Å². The molecule has 0 aromatic carbocycles. The highest BCUT2D eigenvalue weighted by Gasteiger charge is 2.24. The number of carbonyl (C=O) groups is 1. The topological polar surface area (TPSA) is 75.4 Å². The van der Waals surface area contributed by atoms with E-state index in [1.807, 2.05) is 4.90 Å². The lowest BCUT2D eigenvalue weighted by Crippen LogP contribution is -2.41. The molecule has 3 aromatic heterocycles. The SMILES string of the molecule is O=C(NCC1CCCN(c2ncc(Cl)cc2F)C1)c1cc2ncccn2n1. The zero-order valence-electron chi connectivity index (χ0n) is 14.5. The second kappa shape index (κ2) is 7.48. The molecule has 9 heteroatoms. The number of fused-ring (bicyclic) bond motifs is 1. The maximum Gasteiger partial charge on any atom is 0.271 e. The summed E-state index contributed by atoms with van der Waals surface area (Å²) >= 11 is 5.78. The number of hydrogen-bond donors (Lipinski definition) is 1. The van der Waals surface area contributed by atoms with Gasteiger partial charge in [0, 0.05) is 44.3 Å². The van der Waals surface area contributed by atoms with E-state index in [0.717, 1.165) is 19.4 Å². The normalized spacial score (nSPS) is 17.3. The summed E-state index contributed by atoms with van der Waals surface area (Å²) < 4.78 is 15.7. The van der Waals surface area contributed by atoms with Crippen LogP contribution in [0.5, 0.6) is 0 Å². The fourth-order valence-corrected chi connectivity index (χ4v) is 3.48. The largest absolute Gasteiger partial charge is 0.354 e. The zero-order chi connectivity index (χ0) is 18.8. The van der Waals surface area contributed by atoms with Gasteiger partial charge in [0.05, 0.1) is 5.02 Å². The van der Waals surface area contributed by atoms with E-state index in [9.17, 15) is 9.18 Å². The zero-order valence-corrected chi connectivity index (χ0v) is 15.2. The molecule has 4 rings (SSSR count). The van der Waals surface area contributed by atoms with Crippen molar-refractivity contribution in [2.75, 3.05) is 24.5 Å². The number of nitrogens with one attached hydrogen (secondary N) is 1. The molecule has 0 aliphatic carbocycles. The van der Waals surface area contributed by atoms with Crippen LogP contribution in [0.15, 0.2) is 36.8 Å². The first-order valence-corrected chi connectivity index (χ1v) is 9.12. The number of halogens is 2. The Labute approximate surface area is 160 Å². The van der Waals surface area contributed by atoms with Crippen molar-refractivity contribution in [3.05, 3.63) is 53.3 Å². The van der Waals surface area contributed by atoms with Crippen LogP contribution < -0.4 is 10.2 Å². The van der Waals surface area contributed by atoms with Crippen LogP contribution in [0.2, 0.25) is 5.02 Å². The van der Waals surface area contributed by atoms with Crippen LogP contribution in [0.25, 0.3) is 5.65 Å². The summed E-state index contributed by atoms with van der Waals surface area (Å²) in [5, 5.41) is 7.42. The Kier molecular flexibility index (Phi) is 4.89. The Bertz CT molecular complexity index is 944. The van der Waals surface area contributed by atoms with Crippen molar-refractivity contribution in [1.82, 2.24) is 24.9 Å². The minimum Gasteiger partial charge on any atom is -0.354 e. The molecule has 0 spiro atoms. The number of anilines is 1. The van der Waals surface area contributed by atoms with Gasteiger partial charge in [0.25, 0.3) is 5.91 Å². The fraction of sp³-hybridized carbons (Fsp3) is 0.333. The van der Waals surface area contributed by atoms with E-state index in [4.69, 9.17) is 11.6 Å². The third-order valence-electron chi connectivity index (χ3n) is 4.63. The summed E-state index contributed by atoms with van der Waals surface area (Å²) in [6.07, 6.45) is 6.70. The molecule has 4 heterocycles. The van der Waals surface area contributed by atoms with Gasteiger partial charge in [-0.3, -0.25) is 4.79 Å². The van der Waals surface area contributed by atoms with Crippen molar-refractivity contribution in [2.45, 2.75) is 12.8 Å². The van der Waals surface area contributed by atoms with Crippen LogP contribution in [0.3, 0.4) is 0 Å². The number of nitrogens with zero attached hydrogens (tertiary/aromatic N) is 5. The molecule has 1 aliphatic heterocycles. The van der Waals surface area contributed by atoms with E-state index in [-0.39, 0.29) is 16.8 Å². The standard InChI is InChI=1S/C18H18ClFN6O/c19-13-7-14(20)17(22-10-13)25-5-1-3-12(11-25)9-23-18(27)15-8-16-21-4-2-6-26(16)24-15/h2,4,6-8,10,12H,1,3,5,9,11H2,(H,23,27). The predicted molar refractivity (Wildman–Crippen MR) is 99.5 cm³/mol. The molecule has 1 aliphatic rings. The van der Waals surface area contributed by atoms with Crippen LogP contribution in [0.4, 0.5) is 10.2 Å². The Hall–Kier alpha value is -2.74. The smallest absolute Gasteiger partial charge is 0.271 e. The quantitative estimate of drug-likeness (QED) is 0.743. The number of hydrogen-bond acceptors (Lipinski definition) is 5. The molecule has 1 saturated heterocycles. The highest BCUT2D eigenvalue weighted by Crippen LogP contribution is 2.25. The molecule has 0 saturated carbocycles. The summed E-state index contributed by atoms with van der Waals surface area (Å²) in [6, 6.07) is 4.67. The van der Waals surface area contributed by atoms with Crippen molar-refractivity contribution in [3.8, 4) is 0 Å². The molecule has 3 aromatic rings. The number of piperidine rings is 1. The lowest BCUT2D eigenvalue weighted by molar-refractivity contribution is 0.0940. The first-order chi connectivity index (χ1) is 13.1. The molecule has 0 radical (unpaired) electrons. The summed E-state index contributed by atoms with van der Waals surface area (Å²) in [5.74, 6) is -0.158. The Morgan fingerprint density at radius 1 is 1.37 bits per heavy atom. The number of amides is 1. The van der Waals surface area contributed by atoms with Crippen molar-refractivity contribution >= 4 is 29.0 Å². The maximum atomic E-state index is 14.1. The maximum absolute atomic E-state index is 14.1. The molecule has 140 valence electrons. The van der Waals surface area contributed by atoms with Gasteiger partial charge in [-0.1, -0.05) is 11.6 Å². The van der Waals surface area contributed by atoms with Gasteiger partial charge in [-0.05, 0) is 30.9 Å². The second-order valence-electron chi connectivity index (χ2n) is 6.58. The van der Waals surface area contributed by atoms with Crippen LogP contribution >= 0.6 is 11.6 Å². The van der Waals surface area contributed by atoms with E-state index in [1.165, 1.54) is 12.3 Å².